The summed E-state index contributed by atoms with van der Waals surface area (Å²) in [5.74, 6) is -0.810. The molecule has 0 bridgehead atoms. The Kier molecular flexibility index (Phi) is 4.89. The normalized spacial score (nSPS) is 21.2. The monoisotopic (exact) mass is 228 g/mol. The summed E-state index contributed by atoms with van der Waals surface area (Å²) in [6.45, 7) is 7.57. The van der Waals surface area contributed by atoms with Crippen molar-refractivity contribution in [3.8, 4) is 0 Å². The van der Waals surface area contributed by atoms with Crippen molar-refractivity contribution in [3.63, 3.8) is 0 Å². The molecule has 0 radical (unpaired) electrons. The number of hydrogen-bond donors (Lipinski definition) is 1. The highest BCUT2D eigenvalue weighted by atomic mass is 16.5. The van der Waals surface area contributed by atoms with Crippen LogP contribution in [0.5, 0.6) is 0 Å². The number of carbonyl (C=O) groups excluding carboxylic acids is 2. The van der Waals surface area contributed by atoms with Gasteiger partial charge in [0, 0.05) is 26.1 Å². The summed E-state index contributed by atoms with van der Waals surface area (Å²) in [4.78, 5) is 24.3. The molecule has 0 aromatic heterocycles. The van der Waals surface area contributed by atoms with E-state index in [1.807, 2.05) is 13.8 Å². The van der Waals surface area contributed by atoms with E-state index >= 15 is 0 Å². The summed E-state index contributed by atoms with van der Waals surface area (Å²) in [7, 11) is 0. The number of carbonyl (C=O) groups is 2. The summed E-state index contributed by atoms with van der Waals surface area (Å²) in [5, 5.41) is 3.25. The molecule has 16 heavy (non-hydrogen) atoms. The molecule has 0 aromatic rings. The van der Waals surface area contributed by atoms with E-state index in [1.54, 1.807) is 4.90 Å². The highest BCUT2D eigenvalue weighted by Crippen LogP contribution is 2.07. The number of nitrogens with one attached hydrogen (secondary N) is 1. The van der Waals surface area contributed by atoms with E-state index in [-0.39, 0.29) is 6.04 Å². The van der Waals surface area contributed by atoms with E-state index in [2.05, 4.69) is 5.32 Å². The predicted molar refractivity (Wildman–Crippen MR) is 60.1 cm³/mol. The van der Waals surface area contributed by atoms with Crippen molar-refractivity contribution in [1.82, 2.24) is 10.2 Å². The molecule has 0 aliphatic carbocycles. The molecule has 1 saturated heterocycles. The number of morpholine rings is 1. The quantitative estimate of drug-likeness (QED) is 0.677. The molecule has 0 aromatic carbocycles. The Bertz CT molecular complexity index is 266. The topological polar surface area (TPSA) is 58.6 Å². The standard InChI is InChI=1S/C11H20N2O3/c1-8(2)12-6-10-7-16-5-4-13(10)11(15)9(3)14/h8,10,12H,4-7H2,1-3H3. The van der Waals surface area contributed by atoms with Gasteiger partial charge in [-0.1, -0.05) is 13.8 Å². The molecule has 1 aliphatic rings. The van der Waals surface area contributed by atoms with Crippen LogP contribution in [0.25, 0.3) is 0 Å². The van der Waals surface area contributed by atoms with Crippen LogP contribution >= 0.6 is 0 Å². The summed E-state index contributed by atoms with van der Waals surface area (Å²) < 4.78 is 5.33. The van der Waals surface area contributed by atoms with Gasteiger partial charge in [0.25, 0.3) is 5.91 Å². The van der Waals surface area contributed by atoms with Crippen LogP contribution in [0.4, 0.5) is 0 Å². The smallest absolute Gasteiger partial charge is 0.290 e. The van der Waals surface area contributed by atoms with Crippen molar-refractivity contribution < 1.29 is 14.3 Å². The van der Waals surface area contributed by atoms with Crippen LogP contribution in [0.1, 0.15) is 20.8 Å². The average molecular weight is 228 g/mol. The lowest BCUT2D eigenvalue weighted by Gasteiger charge is -2.35. The van der Waals surface area contributed by atoms with E-state index in [0.29, 0.717) is 32.3 Å². The second-order valence-electron chi connectivity index (χ2n) is 4.35. The van der Waals surface area contributed by atoms with Gasteiger partial charge in [0.2, 0.25) is 5.78 Å². The molecule has 1 unspecified atom stereocenters. The Balaban J connectivity index is 2.56. The van der Waals surface area contributed by atoms with Crippen LogP contribution in [0, 0.1) is 0 Å². The van der Waals surface area contributed by atoms with Gasteiger partial charge in [-0.25, -0.2) is 0 Å². The van der Waals surface area contributed by atoms with Crippen molar-refractivity contribution in [2.45, 2.75) is 32.9 Å². The minimum Gasteiger partial charge on any atom is -0.377 e. The van der Waals surface area contributed by atoms with E-state index in [4.69, 9.17) is 4.74 Å². The zero-order valence-corrected chi connectivity index (χ0v) is 10.2. The van der Waals surface area contributed by atoms with E-state index in [1.165, 1.54) is 6.92 Å². The molecule has 1 fully saturated rings. The van der Waals surface area contributed by atoms with Gasteiger partial charge in [-0.3, -0.25) is 9.59 Å². The first kappa shape index (κ1) is 13.1. The first-order chi connectivity index (χ1) is 7.52. The molecule has 1 heterocycles. The van der Waals surface area contributed by atoms with Crippen molar-refractivity contribution in [1.29, 1.82) is 0 Å². The van der Waals surface area contributed by atoms with Crippen LogP contribution in [-0.2, 0) is 14.3 Å². The molecular formula is C11H20N2O3. The number of rotatable bonds is 4. The summed E-state index contributed by atoms with van der Waals surface area (Å²) in [6.07, 6.45) is 0. The highest BCUT2D eigenvalue weighted by Gasteiger charge is 2.29. The van der Waals surface area contributed by atoms with Gasteiger partial charge in [0.05, 0.1) is 19.3 Å². The lowest BCUT2D eigenvalue weighted by Crippen LogP contribution is -2.55. The maximum Gasteiger partial charge on any atom is 0.290 e. The molecule has 1 amide bonds. The maximum atomic E-state index is 11.6. The van der Waals surface area contributed by atoms with Gasteiger partial charge in [-0.05, 0) is 0 Å². The average Bonchev–Trinajstić information content (AvgIpc) is 2.25. The van der Waals surface area contributed by atoms with Crippen LogP contribution in [0.2, 0.25) is 0 Å². The fourth-order valence-corrected chi connectivity index (χ4v) is 1.67. The third-order valence-corrected chi connectivity index (χ3v) is 2.55. The molecule has 5 heteroatoms. The van der Waals surface area contributed by atoms with Crippen molar-refractivity contribution >= 4 is 11.7 Å². The molecule has 1 rings (SSSR count). The lowest BCUT2D eigenvalue weighted by atomic mass is 10.2. The third kappa shape index (κ3) is 3.57. The molecular weight excluding hydrogens is 208 g/mol. The van der Waals surface area contributed by atoms with Crippen LogP contribution < -0.4 is 5.32 Å². The van der Waals surface area contributed by atoms with Gasteiger partial charge in [0.1, 0.15) is 0 Å². The van der Waals surface area contributed by atoms with Crippen molar-refractivity contribution in [2.75, 3.05) is 26.3 Å². The number of hydrogen-bond acceptors (Lipinski definition) is 4. The van der Waals surface area contributed by atoms with Gasteiger partial charge in [-0.15, -0.1) is 0 Å². The molecule has 92 valence electrons. The molecule has 1 atom stereocenters. The Labute approximate surface area is 96.1 Å². The highest BCUT2D eigenvalue weighted by molar-refractivity contribution is 6.35. The van der Waals surface area contributed by atoms with Crippen LogP contribution in [0.3, 0.4) is 0 Å². The minimum atomic E-state index is -0.406. The van der Waals surface area contributed by atoms with E-state index in [9.17, 15) is 9.59 Å². The van der Waals surface area contributed by atoms with Crippen LogP contribution in [0.15, 0.2) is 0 Å². The van der Waals surface area contributed by atoms with Crippen LogP contribution in [-0.4, -0.2) is 55.0 Å². The summed E-state index contributed by atoms with van der Waals surface area (Å²) >= 11 is 0. The summed E-state index contributed by atoms with van der Waals surface area (Å²) in [6, 6.07) is 0.323. The molecule has 0 spiro atoms. The molecule has 1 aliphatic heterocycles. The molecule has 0 saturated carbocycles. The van der Waals surface area contributed by atoms with E-state index in [0.717, 1.165) is 0 Å². The Morgan fingerprint density at radius 3 is 2.75 bits per heavy atom. The largest absolute Gasteiger partial charge is 0.377 e. The van der Waals surface area contributed by atoms with Gasteiger partial charge >= 0.3 is 0 Å². The zero-order chi connectivity index (χ0) is 12.1. The Hall–Kier alpha value is -0.940. The lowest BCUT2D eigenvalue weighted by molar-refractivity contribution is -0.149. The second-order valence-corrected chi connectivity index (χ2v) is 4.35. The van der Waals surface area contributed by atoms with E-state index < -0.39 is 11.7 Å². The fourth-order valence-electron chi connectivity index (χ4n) is 1.67. The first-order valence-corrected chi connectivity index (χ1v) is 5.65. The Morgan fingerprint density at radius 2 is 2.19 bits per heavy atom. The maximum absolute atomic E-state index is 11.6. The van der Waals surface area contributed by atoms with Gasteiger partial charge < -0.3 is 15.0 Å². The van der Waals surface area contributed by atoms with Gasteiger partial charge in [-0.2, -0.15) is 0 Å². The number of ether oxygens (including phenoxy) is 1. The molecule has 1 N–H and O–H groups in total. The second kappa shape index (κ2) is 5.96. The number of Topliss-reactive ketones (excluding diaryl/α,β-unsaturated/α-hetero) is 1. The first-order valence-electron chi connectivity index (χ1n) is 5.65. The third-order valence-electron chi connectivity index (χ3n) is 2.55. The van der Waals surface area contributed by atoms with Crippen molar-refractivity contribution in [2.24, 2.45) is 0 Å². The van der Waals surface area contributed by atoms with Crippen molar-refractivity contribution in [3.05, 3.63) is 0 Å². The fraction of sp³-hybridized carbons (Fsp3) is 0.818. The molecule has 5 nitrogen and oxygen atoms in total. The van der Waals surface area contributed by atoms with Gasteiger partial charge in [0.15, 0.2) is 0 Å². The zero-order valence-electron chi connectivity index (χ0n) is 10.2. The Morgan fingerprint density at radius 1 is 1.50 bits per heavy atom. The minimum absolute atomic E-state index is 0.0347. The summed E-state index contributed by atoms with van der Waals surface area (Å²) in [5.41, 5.74) is 0. The number of nitrogens with zero attached hydrogens (tertiary/aromatic N) is 1. The SMILES string of the molecule is CC(=O)C(=O)N1CCOCC1CNC(C)C. The number of ketones is 1. The predicted octanol–water partition coefficient (Wildman–Crippen LogP) is -0.199. The number of amides is 1.